The highest BCUT2D eigenvalue weighted by Gasteiger charge is 2.55. The molecule has 2 aliphatic rings. The van der Waals surface area contributed by atoms with Gasteiger partial charge in [-0.2, -0.15) is 0 Å². The van der Waals surface area contributed by atoms with Crippen LogP contribution in [0.5, 0.6) is 11.5 Å². The molecule has 2 fully saturated rings. The number of carboxylic acid groups (broad SMARTS) is 1. The monoisotopic (exact) mass is 290 g/mol. The van der Waals surface area contributed by atoms with Gasteiger partial charge in [0.2, 0.25) is 0 Å². The second kappa shape index (κ2) is 5.58. The van der Waals surface area contributed by atoms with Crippen molar-refractivity contribution in [1.29, 1.82) is 0 Å². The second-order valence-electron chi connectivity index (χ2n) is 6.32. The predicted molar refractivity (Wildman–Crippen MR) is 78.6 cm³/mol. The van der Waals surface area contributed by atoms with E-state index in [9.17, 15) is 9.90 Å². The lowest BCUT2D eigenvalue weighted by atomic mass is 9.71. The van der Waals surface area contributed by atoms with E-state index in [1.165, 1.54) is 6.42 Å². The number of hydrogen-bond acceptors (Lipinski definition) is 3. The summed E-state index contributed by atoms with van der Waals surface area (Å²) in [6.07, 6.45) is 4.81. The fourth-order valence-corrected chi connectivity index (χ4v) is 4.14. The van der Waals surface area contributed by atoms with Gasteiger partial charge in [-0.05, 0) is 61.8 Å². The zero-order chi connectivity index (χ0) is 14.9. The second-order valence-corrected chi connectivity index (χ2v) is 6.32. The average Bonchev–Trinajstić information content (AvgIpc) is 3.09. The highest BCUT2D eigenvalue weighted by atomic mass is 16.5. The lowest BCUT2D eigenvalue weighted by Gasteiger charge is -2.33. The van der Waals surface area contributed by atoms with Crippen LogP contribution in [-0.2, 0) is 4.79 Å². The number of carboxylic acids is 1. The topological polar surface area (TPSA) is 55.8 Å². The molecule has 21 heavy (non-hydrogen) atoms. The normalized spacial score (nSPS) is 30.3. The fraction of sp³-hybridized carbons (Fsp3) is 0.588. The van der Waals surface area contributed by atoms with E-state index < -0.39 is 11.4 Å². The van der Waals surface area contributed by atoms with Crippen molar-refractivity contribution in [3.63, 3.8) is 0 Å². The van der Waals surface area contributed by atoms with Gasteiger partial charge in [-0.1, -0.05) is 6.42 Å². The van der Waals surface area contributed by atoms with Crippen molar-refractivity contribution >= 4 is 5.97 Å². The largest absolute Gasteiger partial charge is 0.497 e. The van der Waals surface area contributed by atoms with Gasteiger partial charge in [0.05, 0.1) is 19.1 Å². The predicted octanol–water partition coefficient (Wildman–Crippen LogP) is 3.36. The molecule has 1 aromatic carbocycles. The van der Waals surface area contributed by atoms with Crippen LogP contribution in [0.15, 0.2) is 24.3 Å². The van der Waals surface area contributed by atoms with Gasteiger partial charge in [0.1, 0.15) is 11.5 Å². The summed E-state index contributed by atoms with van der Waals surface area (Å²) in [4.78, 5) is 11.8. The average molecular weight is 290 g/mol. The number of rotatable bonds is 6. The molecule has 0 amide bonds. The number of fused-ring (bicyclic) bond motifs is 2. The third-order valence-corrected chi connectivity index (χ3v) is 5.28. The van der Waals surface area contributed by atoms with Crippen LogP contribution in [0.2, 0.25) is 0 Å². The standard InChI is InChI=1S/C17H22O4/c1-20-14-4-6-15(7-5-14)21-9-8-17(16(18)19)11-12-2-3-13(17)10-12/h4-7,12-13H,2-3,8-11H2,1H3,(H,18,19). The van der Waals surface area contributed by atoms with Crippen LogP contribution in [-0.4, -0.2) is 24.8 Å². The Hall–Kier alpha value is -1.71. The Morgan fingerprint density at radius 2 is 2.00 bits per heavy atom. The summed E-state index contributed by atoms with van der Waals surface area (Å²) in [6.45, 7) is 0.460. The van der Waals surface area contributed by atoms with Gasteiger partial charge in [-0.25, -0.2) is 0 Å². The molecule has 2 saturated carbocycles. The van der Waals surface area contributed by atoms with Gasteiger partial charge >= 0.3 is 5.97 Å². The van der Waals surface area contributed by atoms with Gasteiger partial charge in [-0.15, -0.1) is 0 Å². The molecule has 0 spiro atoms. The van der Waals surface area contributed by atoms with E-state index in [1.807, 2.05) is 24.3 Å². The number of ether oxygens (including phenoxy) is 2. The molecule has 114 valence electrons. The summed E-state index contributed by atoms with van der Waals surface area (Å²) in [7, 11) is 1.63. The van der Waals surface area contributed by atoms with Crippen molar-refractivity contribution in [2.75, 3.05) is 13.7 Å². The zero-order valence-electron chi connectivity index (χ0n) is 12.4. The molecule has 1 N–H and O–H groups in total. The van der Waals surface area contributed by atoms with E-state index in [4.69, 9.17) is 9.47 Å². The minimum absolute atomic E-state index is 0.347. The van der Waals surface area contributed by atoms with Crippen LogP contribution in [0.3, 0.4) is 0 Å². The molecule has 0 aliphatic heterocycles. The maximum Gasteiger partial charge on any atom is 0.310 e. The first-order valence-electron chi connectivity index (χ1n) is 7.64. The molecule has 0 aromatic heterocycles. The number of methoxy groups -OCH3 is 1. The molecule has 4 nitrogen and oxygen atoms in total. The van der Waals surface area contributed by atoms with Gasteiger partial charge in [0.25, 0.3) is 0 Å². The maximum atomic E-state index is 11.8. The summed E-state index contributed by atoms with van der Waals surface area (Å²) in [5.74, 6) is 1.89. The maximum absolute atomic E-state index is 11.8. The minimum atomic E-state index is -0.631. The molecular weight excluding hydrogens is 268 g/mol. The molecular formula is C17H22O4. The quantitative estimate of drug-likeness (QED) is 0.873. The Balaban J connectivity index is 1.59. The first-order valence-corrected chi connectivity index (χ1v) is 7.64. The SMILES string of the molecule is COc1ccc(OCCC2(C(=O)O)CC3CCC2C3)cc1. The molecule has 2 bridgehead atoms. The third kappa shape index (κ3) is 2.59. The van der Waals surface area contributed by atoms with Crippen LogP contribution in [0.4, 0.5) is 0 Å². The lowest BCUT2D eigenvalue weighted by molar-refractivity contribution is -0.153. The molecule has 0 radical (unpaired) electrons. The number of benzene rings is 1. The molecule has 2 aliphatic carbocycles. The van der Waals surface area contributed by atoms with Crippen LogP contribution >= 0.6 is 0 Å². The van der Waals surface area contributed by atoms with E-state index in [0.29, 0.717) is 24.9 Å². The van der Waals surface area contributed by atoms with Crippen molar-refractivity contribution in [2.45, 2.75) is 32.1 Å². The number of aliphatic carboxylic acids is 1. The van der Waals surface area contributed by atoms with Crippen molar-refractivity contribution < 1.29 is 19.4 Å². The summed E-state index contributed by atoms with van der Waals surface area (Å²) < 4.78 is 10.8. The highest BCUT2D eigenvalue weighted by molar-refractivity contribution is 5.75. The first-order chi connectivity index (χ1) is 10.1. The van der Waals surface area contributed by atoms with Gasteiger partial charge in [-0.3, -0.25) is 4.79 Å². The Kier molecular flexibility index (Phi) is 3.79. The molecule has 1 aromatic rings. The van der Waals surface area contributed by atoms with Crippen molar-refractivity contribution in [2.24, 2.45) is 17.3 Å². The molecule has 4 heteroatoms. The highest BCUT2D eigenvalue weighted by Crippen LogP contribution is 2.57. The van der Waals surface area contributed by atoms with Crippen molar-refractivity contribution in [3.05, 3.63) is 24.3 Å². The lowest BCUT2D eigenvalue weighted by Crippen LogP contribution is -2.37. The van der Waals surface area contributed by atoms with E-state index in [-0.39, 0.29) is 0 Å². The van der Waals surface area contributed by atoms with Gasteiger partial charge in [0.15, 0.2) is 0 Å². The zero-order valence-corrected chi connectivity index (χ0v) is 12.4. The Morgan fingerprint density at radius 3 is 2.52 bits per heavy atom. The molecule has 3 unspecified atom stereocenters. The van der Waals surface area contributed by atoms with E-state index in [2.05, 4.69) is 0 Å². The summed E-state index contributed by atoms with van der Waals surface area (Å²) >= 11 is 0. The van der Waals surface area contributed by atoms with Crippen molar-refractivity contribution in [1.82, 2.24) is 0 Å². The van der Waals surface area contributed by atoms with Crippen LogP contribution < -0.4 is 9.47 Å². The summed E-state index contributed by atoms with van der Waals surface area (Å²) in [6, 6.07) is 7.40. The smallest absolute Gasteiger partial charge is 0.310 e. The Morgan fingerprint density at radius 1 is 1.29 bits per heavy atom. The molecule has 3 rings (SSSR count). The van der Waals surface area contributed by atoms with Crippen LogP contribution in [0.25, 0.3) is 0 Å². The van der Waals surface area contributed by atoms with E-state index >= 15 is 0 Å². The number of carbonyl (C=O) groups is 1. The third-order valence-electron chi connectivity index (χ3n) is 5.28. The van der Waals surface area contributed by atoms with E-state index in [0.717, 1.165) is 30.8 Å². The van der Waals surface area contributed by atoms with Gasteiger partial charge in [0, 0.05) is 0 Å². The minimum Gasteiger partial charge on any atom is -0.497 e. The Labute approximate surface area is 125 Å². The Bertz CT molecular complexity index is 510. The van der Waals surface area contributed by atoms with Gasteiger partial charge < -0.3 is 14.6 Å². The first kappa shape index (κ1) is 14.2. The van der Waals surface area contributed by atoms with Crippen molar-refractivity contribution in [3.8, 4) is 11.5 Å². The fourth-order valence-electron chi connectivity index (χ4n) is 4.14. The number of hydrogen-bond donors (Lipinski definition) is 1. The molecule has 3 atom stereocenters. The molecule has 0 heterocycles. The molecule has 0 saturated heterocycles. The summed E-state index contributed by atoms with van der Waals surface area (Å²) in [5, 5.41) is 9.68. The van der Waals surface area contributed by atoms with Crippen LogP contribution in [0, 0.1) is 17.3 Å². The summed E-state index contributed by atoms with van der Waals surface area (Å²) in [5.41, 5.74) is -0.546. The van der Waals surface area contributed by atoms with Crippen LogP contribution in [0.1, 0.15) is 32.1 Å². The van der Waals surface area contributed by atoms with E-state index in [1.54, 1.807) is 7.11 Å².